The third-order valence-electron chi connectivity index (χ3n) is 3.98. The van der Waals surface area contributed by atoms with Gasteiger partial charge in [-0.25, -0.2) is 4.98 Å². The molecule has 0 unspecified atom stereocenters. The Labute approximate surface area is 161 Å². The molecule has 136 valence electrons. The van der Waals surface area contributed by atoms with Crippen LogP contribution in [0, 0.1) is 6.92 Å². The lowest BCUT2D eigenvalue weighted by molar-refractivity contribution is -0.121. The number of carbonyl (C=O) groups excluding carboxylic acids is 1. The molecule has 0 aliphatic carbocycles. The number of pyridine rings is 1. The minimum absolute atomic E-state index is 0.0268. The molecule has 0 radical (unpaired) electrons. The Morgan fingerprint density at radius 1 is 1.27 bits per heavy atom. The van der Waals surface area contributed by atoms with Crippen molar-refractivity contribution in [2.75, 3.05) is 6.61 Å². The molecule has 7 heteroatoms. The SMILES string of the molecule is Cc1nc2ccccn2c1CNC(=O)CCCOc1ccc(Cl)cc1Cl. The quantitative estimate of drug-likeness (QED) is 0.606. The molecule has 1 aromatic carbocycles. The van der Waals surface area contributed by atoms with Crippen LogP contribution in [0.4, 0.5) is 0 Å². The van der Waals surface area contributed by atoms with Gasteiger partial charge in [0.2, 0.25) is 5.91 Å². The average Bonchev–Trinajstić information content (AvgIpc) is 2.93. The van der Waals surface area contributed by atoms with E-state index >= 15 is 0 Å². The molecule has 0 saturated carbocycles. The van der Waals surface area contributed by atoms with Gasteiger partial charge in [-0.05, 0) is 43.7 Å². The summed E-state index contributed by atoms with van der Waals surface area (Å²) in [5.74, 6) is 0.541. The normalized spacial score (nSPS) is 10.9. The molecule has 0 spiro atoms. The largest absolute Gasteiger partial charge is 0.492 e. The van der Waals surface area contributed by atoms with Crippen LogP contribution in [0.15, 0.2) is 42.6 Å². The lowest BCUT2D eigenvalue weighted by Crippen LogP contribution is -2.24. The van der Waals surface area contributed by atoms with E-state index in [-0.39, 0.29) is 5.91 Å². The van der Waals surface area contributed by atoms with Crippen LogP contribution >= 0.6 is 23.2 Å². The fourth-order valence-corrected chi connectivity index (χ4v) is 3.12. The van der Waals surface area contributed by atoms with Gasteiger partial charge in [0, 0.05) is 17.6 Å². The zero-order valence-electron chi connectivity index (χ0n) is 14.3. The fourth-order valence-electron chi connectivity index (χ4n) is 2.66. The predicted molar refractivity (Wildman–Crippen MR) is 103 cm³/mol. The molecule has 3 aromatic rings. The number of fused-ring (bicyclic) bond motifs is 1. The second kappa shape index (κ2) is 8.43. The van der Waals surface area contributed by atoms with E-state index < -0.39 is 0 Å². The van der Waals surface area contributed by atoms with Gasteiger partial charge in [-0.2, -0.15) is 0 Å². The van der Waals surface area contributed by atoms with Crippen molar-refractivity contribution in [3.8, 4) is 5.75 Å². The minimum atomic E-state index is -0.0268. The van der Waals surface area contributed by atoms with E-state index in [9.17, 15) is 4.79 Å². The van der Waals surface area contributed by atoms with Crippen molar-refractivity contribution in [1.29, 1.82) is 0 Å². The number of benzene rings is 1. The molecular formula is C19H19Cl2N3O2. The van der Waals surface area contributed by atoms with Crippen LogP contribution in [0.3, 0.4) is 0 Å². The second-order valence-electron chi connectivity index (χ2n) is 5.88. The van der Waals surface area contributed by atoms with Crippen molar-refractivity contribution in [1.82, 2.24) is 14.7 Å². The van der Waals surface area contributed by atoms with Crippen LogP contribution < -0.4 is 10.1 Å². The molecule has 0 aliphatic rings. The third-order valence-corrected chi connectivity index (χ3v) is 4.51. The first-order valence-corrected chi connectivity index (χ1v) is 9.07. The Kier molecular flexibility index (Phi) is 6.01. The number of imidazole rings is 1. The van der Waals surface area contributed by atoms with Gasteiger partial charge in [-0.15, -0.1) is 0 Å². The zero-order chi connectivity index (χ0) is 18.5. The number of hydrogen-bond acceptors (Lipinski definition) is 3. The van der Waals surface area contributed by atoms with Crippen molar-refractivity contribution in [3.63, 3.8) is 0 Å². The lowest BCUT2D eigenvalue weighted by atomic mass is 10.3. The van der Waals surface area contributed by atoms with Gasteiger partial charge in [-0.1, -0.05) is 29.3 Å². The molecule has 1 amide bonds. The number of amides is 1. The number of ether oxygens (including phenoxy) is 1. The Morgan fingerprint density at radius 2 is 2.12 bits per heavy atom. The maximum Gasteiger partial charge on any atom is 0.220 e. The van der Waals surface area contributed by atoms with Gasteiger partial charge in [-0.3, -0.25) is 4.79 Å². The van der Waals surface area contributed by atoms with Crippen molar-refractivity contribution in [2.24, 2.45) is 0 Å². The van der Waals surface area contributed by atoms with Crippen LogP contribution in [0.2, 0.25) is 10.0 Å². The molecule has 3 rings (SSSR count). The average molecular weight is 392 g/mol. The number of carbonyl (C=O) groups is 1. The van der Waals surface area contributed by atoms with E-state index in [0.717, 1.165) is 17.0 Å². The molecular weight excluding hydrogens is 373 g/mol. The molecule has 2 heterocycles. The molecule has 2 aromatic heterocycles. The standard InChI is InChI=1S/C19H19Cl2N3O2/c1-13-16(24-9-3-2-5-18(24)23-13)12-22-19(25)6-4-10-26-17-8-7-14(20)11-15(17)21/h2-3,5,7-9,11H,4,6,10,12H2,1H3,(H,22,25). The van der Waals surface area contributed by atoms with Crippen LogP contribution in [-0.4, -0.2) is 21.9 Å². The number of halogens is 2. The highest BCUT2D eigenvalue weighted by molar-refractivity contribution is 6.35. The van der Waals surface area contributed by atoms with E-state index in [0.29, 0.717) is 41.8 Å². The highest BCUT2D eigenvalue weighted by Crippen LogP contribution is 2.27. The van der Waals surface area contributed by atoms with E-state index in [1.54, 1.807) is 18.2 Å². The van der Waals surface area contributed by atoms with Gasteiger partial charge in [0.1, 0.15) is 11.4 Å². The van der Waals surface area contributed by atoms with Crippen LogP contribution in [0.5, 0.6) is 5.75 Å². The van der Waals surface area contributed by atoms with Crippen LogP contribution in [0.1, 0.15) is 24.2 Å². The number of nitrogens with one attached hydrogen (secondary N) is 1. The van der Waals surface area contributed by atoms with E-state index in [1.807, 2.05) is 35.7 Å². The van der Waals surface area contributed by atoms with Gasteiger partial charge < -0.3 is 14.5 Å². The molecule has 0 atom stereocenters. The van der Waals surface area contributed by atoms with E-state index in [2.05, 4.69) is 10.3 Å². The first-order chi connectivity index (χ1) is 12.5. The minimum Gasteiger partial charge on any atom is -0.492 e. The smallest absolute Gasteiger partial charge is 0.220 e. The number of aryl methyl sites for hydroxylation is 1. The molecule has 5 nitrogen and oxygen atoms in total. The summed E-state index contributed by atoms with van der Waals surface area (Å²) in [6.45, 7) is 2.79. The summed E-state index contributed by atoms with van der Waals surface area (Å²) in [4.78, 5) is 16.6. The van der Waals surface area contributed by atoms with Gasteiger partial charge >= 0.3 is 0 Å². The first kappa shape index (κ1) is 18.5. The first-order valence-electron chi connectivity index (χ1n) is 8.31. The summed E-state index contributed by atoms with van der Waals surface area (Å²) in [6, 6.07) is 10.9. The van der Waals surface area contributed by atoms with Gasteiger partial charge in [0.15, 0.2) is 0 Å². The highest BCUT2D eigenvalue weighted by atomic mass is 35.5. The molecule has 1 N–H and O–H groups in total. The highest BCUT2D eigenvalue weighted by Gasteiger charge is 2.10. The predicted octanol–water partition coefficient (Wildman–Crippen LogP) is 4.42. The summed E-state index contributed by atoms with van der Waals surface area (Å²) < 4.78 is 7.57. The number of nitrogens with zero attached hydrogens (tertiary/aromatic N) is 2. The lowest BCUT2D eigenvalue weighted by Gasteiger charge is -2.09. The molecule has 0 fully saturated rings. The molecule has 0 saturated heterocycles. The summed E-state index contributed by atoms with van der Waals surface area (Å²) >= 11 is 11.9. The van der Waals surface area contributed by atoms with Crippen LogP contribution in [0.25, 0.3) is 5.65 Å². The van der Waals surface area contributed by atoms with E-state index in [1.165, 1.54) is 0 Å². The topological polar surface area (TPSA) is 55.6 Å². The summed E-state index contributed by atoms with van der Waals surface area (Å²) in [7, 11) is 0. The zero-order valence-corrected chi connectivity index (χ0v) is 15.8. The van der Waals surface area contributed by atoms with Crippen molar-refractivity contribution in [3.05, 3.63) is 64.0 Å². The van der Waals surface area contributed by atoms with Crippen molar-refractivity contribution >= 4 is 34.8 Å². The summed E-state index contributed by atoms with van der Waals surface area (Å²) in [6.07, 6.45) is 2.92. The van der Waals surface area contributed by atoms with Crippen molar-refractivity contribution < 1.29 is 9.53 Å². The third kappa shape index (κ3) is 4.48. The number of aromatic nitrogens is 2. The monoisotopic (exact) mass is 391 g/mol. The molecule has 0 aliphatic heterocycles. The van der Waals surface area contributed by atoms with Gasteiger partial charge in [0.05, 0.1) is 29.6 Å². The van der Waals surface area contributed by atoms with E-state index in [4.69, 9.17) is 27.9 Å². The second-order valence-corrected chi connectivity index (χ2v) is 6.72. The fraction of sp³-hybridized carbons (Fsp3) is 0.263. The van der Waals surface area contributed by atoms with Crippen LogP contribution in [-0.2, 0) is 11.3 Å². The Morgan fingerprint density at radius 3 is 2.92 bits per heavy atom. The Hall–Kier alpha value is -2.24. The summed E-state index contributed by atoms with van der Waals surface area (Å²) in [5.41, 5.74) is 2.78. The van der Waals surface area contributed by atoms with Gasteiger partial charge in [0.25, 0.3) is 0 Å². The number of rotatable bonds is 7. The number of hydrogen-bond donors (Lipinski definition) is 1. The molecule has 0 bridgehead atoms. The molecule has 26 heavy (non-hydrogen) atoms. The van der Waals surface area contributed by atoms with Crippen molar-refractivity contribution in [2.45, 2.75) is 26.3 Å². The maximum atomic E-state index is 12.1. The Balaban J connectivity index is 1.45. The summed E-state index contributed by atoms with van der Waals surface area (Å²) in [5, 5.41) is 3.96. The Bertz CT molecular complexity index is 924. The maximum absolute atomic E-state index is 12.1.